The zero-order valence-electron chi connectivity index (χ0n) is 8.30. The Morgan fingerprint density at radius 1 is 1.31 bits per heavy atom. The second-order valence-corrected chi connectivity index (χ2v) is 3.58. The second-order valence-electron chi connectivity index (χ2n) is 3.58. The molecule has 0 spiro atoms. The van der Waals surface area contributed by atoms with Crippen LogP contribution in [0, 0.1) is 0 Å². The molecule has 0 amide bonds. The highest BCUT2D eigenvalue weighted by Gasteiger charge is 2.35. The molecule has 0 bridgehead atoms. The summed E-state index contributed by atoms with van der Waals surface area (Å²) in [4.78, 5) is 3.80. The van der Waals surface area contributed by atoms with E-state index >= 15 is 0 Å². The van der Waals surface area contributed by atoms with Gasteiger partial charge >= 0.3 is 6.18 Å². The highest BCUT2D eigenvalue weighted by Crippen LogP contribution is 2.35. The summed E-state index contributed by atoms with van der Waals surface area (Å²) in [6.45, 7) is 3.61. The molecule has 1 aromatic carbocycles. The molecule has 0 aromatic heterocycles. The number of halogens is 3. The van der Waals surface area contributed by atoms with Crippen LogP contribution in [0.3, 0.4) is 0 Å². The van der Waals surface area contributed by atoms with Gasteiger partial charge in [-0.15, -0.1) is 0 Å². The van der Waals surface area contributed by atoms with Gasteiger partial charge in [-0.05, 0) is 11.6 Å². The number of nitrogens with two attached hydrogens (primary N) is 1. The molecular weight excluding hydrogens is 217 g/mol. The predicted octanol–water partition coefficient (Wildman–Crippen LogP) is 2.48. The van der Waals surface area contributed by atoms with E-state index in [2.05, 4.69) is 11.6 Å². The van der Waals surface area contributed by atoms with Crippen molar-refractivity contribution in [2.75, 3.05) is 0 Å². The Morgan fingerprint density at radius 2 is 2.00 bits per heavy atom. The van der Waals surface area contributed by atoms with Crippen LogP contribution in [0.1, 0.15) is 16.7 Å². The van der Waals surface area contributed by atoms with Gasteiger partial charge in [0, 0.05) is 17.7 Å². The van der Waals surface area contributed by atoms with Gasteiger partial charge in [0.15, 0.2) is 0 Å². The lowest BCUT2D eigenvalue weighted by Crippen LogP contribution is -2.25. The van der Waals surface area contributed by atoms with Crippen LogP contribution >= 0.6 is 0 Å². The molecule has 0 aliphatic carbocycles. The monoisotopic (exact) mass is 226 g/mol. The Kier molecular flexibility index (Phi) is 2.26. The Balaban J connectivity index is 2.68. The van der Waals surface area contributed by atoms with Gasteiger partial charge in [-0.3, -0.25) is 0 Å². The first-order chi connectivity index (χ1) is 7.39. The van der Waals surface area contributed by atoms with E-state index in [1.165, 1.54) is 6.07 Å². The van der Waals surface area contributed by atoms with Gasteiger partial charge in [-0.25, -0.2) is 4.99 Å². The van der Waals surface area contributed by atoms with Crippen molar-refractivity contribution in [3.8, 4) is 0 Å². The lowest BCUT2D eigenvalue weighted by atomic mass is 9.94. The lowest BCUT2D eigenvalue weighted by Gasteiger charge is -2.20. The van der Waals surface area contributed by atoms with E-state index in [-0.39, 0.29) is 11.4 Å². The summed E-state index contributed by atoms with van der Waals surface area (Å²) < 4.78 is 38.1. The Labute approximate surface area is 90.3 Å². The number of benzene rings is 1. The van der Waals surface area contributed by atoms with E-state index in [9.17, 15) is 13.2 Å². The third-order valence-corrected chi connectivity index (χ3v) is 2.39. The molecular formula is C11H9F3N2. The van der Waals surface area contributed by atoms with Crippen LogP contribution in [0.4, 0.5) is 13.2 Å². The highest BCUT2D eigenvalue weighted by atomic mass is 19.4. The van der Waals surface area contributed by atoms with Crippen LogP contribution in [0.25, 0.3) is 0 Å². The number of hydrogen-bond acceptors (Lipinski definition) is 2. The smallest absolute Gasteiger partial charge is 0.383 e. The van der Waals surface area contributed by atoms with Crippen molar-refractivity contribution in [3.05, 3.63) is 47.2 Å². The fourth-order valence-electron chi connectivity index (χ4n) is 1.77. The van der Waals surface area contributed by atoms with Crippen molar-refractivity contribution >= 4 is 5.84 Å². The topological polar surface area (TPSA) is 38.4 Å². The predicted molar refractivity (Wildman–Crippen MR) is 55.0 cm³/mol. The van der Waals surface area contributed by atoms with Crippen molar-refractivity contribution in [2.45, 2.75) is 12.6 Å². The number of fused-ring (bicyclic) bond motifs is 1. The molecule has 5 heteroatoms. The summed E-state index contributed by atoms with van der Waals surface area (Å²) in [7, 11) is 0. The minimum absolute atomic E-state index is 0.0117. The maximum atomic E-state index is 12.7. The van der Waals surface area contributed by atoms with E-state index in [1.54, 1.807) is 6.07 Å². The van der Waals surface area contributed by atoms with Crippen molar-refractivity contribution in [2.24, 2.45) is 10.7 Å². The Morgan fingerprint density at radius 3 is 2.62 bits per heavy atom. The first-order valence-corrected chi connectivity index (χ1v) is 4.61. The van der Waals surface area contributed by atoms with Crippen LogP contribution in [0.15, 0.2) is 35.5 Å². The van der Waals surface area contributed by atoms with E-state index < -0.39 is 11.7 Å². The molecule has 2 nitrogen and oxygen atoms in total. The van der Waals surface area contributed by atoms with E-state index in [0.29, 0.717) is 17.7 Å². The average Bonchev–Trinajstić information content (AvgIpc) is 2.14. The quantitative estimate of drug-likeness (QED) is 0.725. The van der Waals surface area contributed by atoms with Crippen LogP contribution in [0.5, 0.6) is 0 Å². The molecule has 84 valence electrons. The summed E-state index contributed by atoms with van der Waals surface area (Å²) in [5.41, 5.74) is 5.77. The van der Waals surface area contributed by atoms with Crippen molar-refractivity contribution in [3.63, 3.8) is 0 Å². The maximum absolute atomic E-state index is 12.7. The van der Waals surface area contributed by atoms with Crippen molar-refractivity contribution in [1.29, 1.82) is 0 Å². The third kappa shape index (κ3) is 1.68. The second kappa shape index (κ2) is 3.37. The zero-order valence-corrected chi connectivity index (χ0v) is 8.30. The molecule has 0 saturated carbocycles. The van der Waals surface area contributed by atoms with Gasteiger partial charge in [0.05, 0.1) is 5.56 Å². The first kappa shape index (κ1) is 10.7. The molecule has 0 radical (unpaired) electrons. The van der Waals surface area contributed by atoms with Gasteiger partial charge in [-0.2, -0.15) is 13.2 Å². The zero-order chi connectivity index (χ0) is 11.9. The molecule has 16 heavy (non-hydrogen) atoms. The number of hydrogen-bond donors (Lipinski definition) is 1. The molecule has 1 aliphatic heterocycles. The van der Waals surface area contributed by atoms with E-state index in [4.69, 9.17) is 5.73 Å². The maximum Gasteiger partial charge on any atom is 0.417 e. The fourth-order valence-corrected chi connectivity index (χ4v) is 1.77. The largest absolute Gasteiger partial charge is 0.417 e. The van der Waals surface area contributed by atoms with E-state index in [0.717, 1.165) is 6.07 Å². The molecule has 0 saturated heterocycles. The number of rotatable bonds is 0. The SMILES string of the molecule is C=C1Cc2cccc(C(F)(F)F)c2C(N)=N1. The number of aliphatic imine (C=N–C) groups is 1. The normalized spacial score (nSPS) is 15.7. The summed E-state index contributed by atoms with van der Waals surface area (Å²) in [5.74, 6) is -0.112. The number of allylic oxidation sites excluding steroid dienone is 1. The van der Waals surface area contributed by atoms with Gasteiger partial charge in [0.1, 0.15) is 5.84 Å². The summed E-state index contributed by atoms with van der Waals surface area (Å²) >= 11 is 0. The summed E-state index contributed by atoms with van der Waals surface area (Å²) in [6.07, 6.45) is -4.11. The fraction of sp³-hybridized carbons (Fsp3) is 0.182. The van der Waals surface area contributed by atoms with Gasteiger partial charge in [0.25, 0.3) is 0 Å². The molecule has 0 atom stereocenters. The van der Waals surface area contributed by atoms with Crippen LogP contribution < -0.4 is 5.73 Å². The first-order valence-electron chi connectivity index (χ1n) is 4.61. The van der Waals surface area contributed by atoms with Crippen LogP contribution in [-0.2, 0) is 12.6 Å². The Bertz CT molecular complexity index is 486. The Hall–Kier alpha value is -1.78. The minimum Gasteiger partial charge on any atom is -0.383 e. The number of nitrogens with zero attached hydrogens (tertiary/aromatic N) is 1. The molecule has 0 fully saturated rings. The minimum atomic E-state index is -4.41. The summed E-state index contributed by atoms with van der Waals surface area (Å²) in [6, 6.07) is 3.99. The van der Waals surface area contributed by atoms with Crippen LogP contribution in [-0.4, -0.2) is 5.84 Å². The van der Waals surface area contributed by atoms with Crippen molar-refractivity contribution < 1.29 is 13.2 Å². The van der Waals surface area contributed by atoms with Crippen molar-refractivity contribution in [1.82, 2.24) is 0 Å². The molecule has 0 unspecified atom stereocenters. The molecule has 2 rings (SSSR count). The average molecular weight is 226 g/mol. The van der Waals surface area contributed by atoms with Crippen LogP contribution in [0.2, 0.25) is 0 Å². The molecule has 1 aliphatic rings. The summed E-state index contributed by atoms with van der Waals surface area (Å²) in [5, 5.41) is 0. The molecule has 1 aromatic rings. The van der Waals surface area contributed by atoms with Gasteiger partial charge in [-0.1, -0.05) is 18.7 Å². The van der Waals surface area contributed by atoms with E-state index in [1.807, 2.05) is 0 Å². The third-order valence-electron chi connectivity index (χ3n) is 2.39. The highest BCUT2D eigenvalue weighted by molar-refractivity contribution is 6.02. The lowest BCUT2D eigenvalue weighted by molar-refractivity contribution is -0.137. The van der Waals surface area contributed by atoms with Gasteiger partial charge in [0.2, 0.25) is 0 Å². The molecule has 1 heterocycles. The number of amidine groups is 1. The standard InChI is InChI=1S/C11H9F3N2/c1-6-5-7-3-2-4-8(11(12,13)14)9(7)10(15)16-6/h2-4H,1,5H2,(H2,15,16). The van der Waals surface area contributed by atoms with Gasteiger partial charge < -0.3 is 5.73 Å². The number of alkyl halides is 3. The molecule has 2 N–H and O–H groups in total.